The monoisotopic (exact) mass is 360 g/mol. The van der Waals surface area contributed by atoms with Crippen molar-refractivity contribution in [2.75, 3.05) is 6.61 Å². The van der Waals surface area contributed by atoms with Crippen LogP contribution in [0.1, 0.15) is 25.7 Å². The van der Waals surface area contributed by atoms with Crippen molar-refractivity contribution in [3.8, 4) is 5.75 Å². The van der Waals surface area contributed by atoms with Crippen LogP contribution in [0.25, 0.3) is 0 Å². The van der Waals surface area contributed by atoms with E-state index in [1.54, 1.807) is 0 Å². The van der Waals surface area contributed by atoms with E-state index in [9.17, 15) is 18.4 Å². The van der Waals surface area contributed by atoms with Crippen LogP contribution in [0, 0.1) is 17.6 Å². The largest absolute Gasteiger partial charge is 0.483 e. The SMILES string of the molecule is Cl.N[C@@H](C[C@@H]1CC2(CC2)NC1=O)C(=O)COc1ccc(F)cc1F. The van der Waals surface area contributed by atoms with Gasteiger partial charge in [0.2, 0.25) is 5.91 Å². The van der Waals surface area contributed by atoms with Crippen LogP contribution in [0.15, 0.2) is 18.2 Å². The van der Waals surface area contributed by atoms with Gasteiger partial charge in [-0.05, 0) is 37.8 Å². The van der Waals surface area contributed by atoms with Gasteiger partial charge in [0, 0.05) is 17.5 Å². The molecule has 0 radical (unpaired) electrons. The molecule has 1 aromatic carbocycles. The predicted octanol–water partition coefficient (Wildman–Crippen LogP) is 1.72. The van der Waals surface area contributed by atoms with Gasteiger partial charge in [0.05, 0.1) is 6.04 Å². The fourth-order valence-electron chi connectivity index (χ4n) is 2.94. The average molecular weight is 361 g/mol. The summed E-state index contributed by atoms with van der Waals surface area (Å²) in [6.45, 7) is -0.413. The number of halogens is 3. The quantitative estimate of drug-likeness (QED) is 0.809. The first-order chi connectivity index (χ1) is 10.9. The van der Waals surface area contributed by atoms with Gasteiger partial charge in [-0.1, -0.05) is 0 Å². The molecule has 0 unspecified atom stereocenters. The van der Waals surface area contributed by atoms with E-state index < -0.39 is 30.1 Å². The second-order valence-electron chi connectivity index (χ2n) is 6.34. The molecule has 1 saturated heterocycles. The van der Waals surface area contributed by atoms with E-state index in [1.807, 2.05) is 0 Å². The zero-order chi connectivity index (χ0) is 16.6. The van der Waals surface area contributed by atoms with Crippen LogP contribution in [0.2, 0.25) is 0 Å². The Hall–Kier alpha value is -1.73. The highest BCUT2D eigenvalue weighted by atomic mass is 35.5. The van der Waals surface area contributed by atoms with Crippen molar-refractivity contribution in [1.29, 1.82) is 0 Å². The van der Waals surface area contributed by atoms with Crippen LogP contribution >= 0.6 is 12.4 Å². The molecule has 1 aromatic rings. The van der Waals surface area contributed by atoms with Gasteiger partial charge in [0.15, 0.2) is 17.3 Å². The molecule has 24 heavy (non-hydrogen) atoms. The van der Waals surface area contributed by atoms with E-state index in [4.69, 9.17) is 10.5 Å². The molecule has 1 amide bonds. The molecule has 3 N–H and O–H groups in total. The van der Waals surface area contributed by atoms with Crippen molar-refractivity contribution in [1.82, 2.24) is 5.32 Å². The lowest BCUT2D eigenvalue weighted by Crippen LogP contribution is -2.37. The second-order valence-corrected chi connectivity index (χ2v) is 6.34. The molecule has 1 aliphatic heterocycles. The van der Waals surface area contributed by atoms with Crippen molar-refractivity contribution in [3.05, 3.63) is 29.8 Å². The summed E-state index contributed by atoms with van der Waals surface area (Å²) in [5, 5.41) is 2.95. The van der Waals surface area contributed by atoms with Crippen LogP contribution in [0.4, 0.5) is 8.78 Å². The molecular weight excluding hydrogens is 342 g/mol. The molecule has 3 rings (SSSR count). The summed E-state index contributed by atoms with van der Waals surface area (Å²) >= 11 is 0. The first-order valence-electron chi connectivity index (χ1n) is 7.57. The predicted molar refractivity (Wildman–Crippen MR) is 84.9 cm³/mol. The summed E-state index contributed by atoms with van der Waals surface area (Å²) in [5.74, 6) is -2.55. The van der Waals surface area contributed by atoms with Gasteiger partial charge >= 0.3 is 0 Å². The highest BCUT2D eigenvalue weighted by molar-refractivity contribution is 5.87. The summed E-state index contributed by atoms with van der Waals surface area (Å²) < 4.78 is 31.2. The zero-order valence-corrected chi connectivity index (χ0v) is 13.7. The van der Waals surface area contributed by atoms with E-state index in [1.165, 1.54) is 0 Å². The smallest absolute Gasteiger partial charge is 0.223 e. The summed E-state index contributed by atoms with van der Waals surface area (Å²) in [6.07, 6.45) is 2.92. The number of rotatable bonds is 6. The van der Waals surface area contributed by atoms with Crippen LogP contribution in [-0.2, 0) is 9.59 Å². The highest BCUT2D eigenvalue weighted by Crippen LogP contribution is 2.46. The Balaban J connectivity index is 0.00000208. The lowest BCUT2D eigenvalue weighted by atomic mass is 9.94. The number of nitrogens with two attached hydrogens (primary N) is 1. The number of ether oxygens (including phenoxy) is 1. The molecule has 0 bridgehead atoms. The van der Waals surface area contributed by atoms with Gasteiger partial charge in [-0.3, -0.25) is 9.59 Å². The van der Waals surface area contributed by atoms with Gasteiger partial charge in [-0.25, -0.2) is 8.78 Å². The summed E-state index contributed by atoms with van der Waals surface area (Å²) in [6, 6.07) is 1.99. The topological polar surface area (TPSA) is 81.4 Å². The fourth-order valence-corrected chi connectivity index (χ4v) is 2.94. The second kappa shape index (κ2) is 7.03. The van der Waals surface area contributed by atoms with E-state index in [2.05, 4.69) is 5.32 Å². The van der Waals surface area contributed by atoms with Crippen molar-refractivity contribution >= 4 is 24.1 Å². The number of Topliss-reactive ketones (excluding diaryl/α,β-unsaturated/α-hetero) is 1. The molecule has 2 aliphatic rings. The number of carbonyl (C=O) groups excluding carboxylic acids is 2. The maximum atomic E-state index is 13.4. The van der Waals surface area contributed by atoms with Gasteiger partial charge in [-0.15, -0.1) is 12.4 Å². The van der Waals surface area contributed by atoms with Crippen LogP contribution in [-0.4, -0.2) is 29.9 Å². The van der Waals surface area contributed by atoms with E-state index in [0.717, 1.165) is 25.0 Å². The minimum Gasteiger partial charge on any atom is -0.483 e. The summed E-state index contributed by atoms with van der Waals surface area (Å²) in [5.41, 5.74) is 5.77. The third kappa shape index (κ3) is 4.02. The maximum Gasteiger partial charge on any atom is 0.223 e. The number of benzene rings is 1. The van der Waals surface area contributed by atoms with Crippen molar-refractivity contribution in [2.45, 2.75) is 37.3 Å². The van der Waals surface area contributed by atoms with Gasteiger partial charge < -0.3 is 15.8 Å². The molecule has 0 aromatic heterocycles. The normalized spacial score (nSPS) is 21.8. The third-order valence-corrected chi connectivity index (χ3v) is 4.47. The Morgan fingerprint density at radius 3 is 2.71 bits per heavy atom. The Morgan fingerprint density at radius 1 is 1.42 bits per heavy atom. The molecule has 8 heteroatoms. The molecule has 2 fully saturated rings. The zero-order valence-electron chi connectivity index (χ0n) is 12.9. The first kappa shape index (κ1) is 18.6. The minimum atomic E-state index is -0.878. The Labute approximate surface area is 144 Å². The molecule has 2 atom stereocenters. The molecule has 1 saturated carbocycles. The van der Waals surface area contributed by atoms with Gasteiger partial charge in [-0.2, -0.15) is 0 Å². The summed E-state index contributed by atoms with van der Waals surface area (Å²) in [7, 11) is 0. The molecule has 132 valence electrons. The number of nitrogens with one attached hydrogen (secondary N) is 1. The van der Waals surface area contributed by atoms with Gasteiger partial charge in [0.25, 0.3) is 0 Å². The Morgan fingerprint density at radius 2 is 2.12 bits per heavy atom. The lowest BCUT2D eigenvalue weighted by molar-refractivity contribution is -0.124. The lowest BCUT2D eigenvalue weighted by Gasteiger charge is -2.14. The number of hydrogen-bond donors (Lipinski definition) is 2. The fraction of sp³-hybridized carbons (Fsp3) is 0.500. The number of carbonyl (C=O) groups is 2. The molecule has 1 spiro atoms. The Bertz CT molecular complexity index is 652. The van der Waals surface area contributed by atoms with E-state index in [-0.39, 0.29) is 41.9 Å². The molecule has 1 aliphatic carbocycles. The standard InChI is InChI=1S/C16H18F2N2O3.ClH/c17-10-1-2-14(11(18)6-10)23-8-13(21)12(19)5-9-7-16(3-4-16)20-15(9)22;/h1-2,6,9,12H,3-5,7-8,19H2,(H,20,22);1H/t9-,12+;/m1./s1. The summed E-state index contributed by atoms with van der Waals surface area (Å²) in [4.78, 5) is 23.8. The highest BCUT2D eigenvalue weighted by Gasteiger charge is 2.52. The van der Waals surface area contributed by atoms with Crippen molar-refractivity contribution < 1.29 is 23.1 Å². The molecular formula is C16H19ClF2N2O3. The van der Waals surface area contributed by atoms with Gasteiger partial charge in [0.1, 0.15) is 12.4 Å². The van der Waals surface area contributed by atoms with Crippen molar-refractivity contribution in [3.63, 3.8) is 0 Å². The number of hydrogen-bond acceptors (Lipinski definition) is 4. The molecule has 5 nitrogen and oxygen atoms in total. The van der Waals surface area contributed by atoms with E-state index in [0.29, 0.717) is 12.5 Å². The van der Waals surface area contributed by atoms with Crippen molar-refractivity contribution in [2.24, 2.45) is 11.7 Å². The molecule has 1 heterocycles. The van der Waals surface area contributed by atoms with Crippen LogP contribution < -0.4 is 15.8 Å². The van der Waals surface area contributed by atoms with Crippen LogP contribution in [0.5, 0.6) is 5.75 Å². The first-order valence-corrected chi connectivity index (χ1v) is 7.57. The third-order valence-electron chi connectivity index (χ3n) is 4.47. The number of ketones is 1. The van der Waals surface area contributed by atoms with E-state index >= 15 is 0 Å². The Kier molecular flexibility index (Phi) is 5.45. The number of amides is 1. The average Bonchev–Trinajstić information content (AvgIpc) is 3.16. The maximum absolute atomic E-state index is 13.4. The van der Waals surface area contributed by atoms with Crippen LogP contribution in [0.3, 0.4) is 0 Å². The minimum absolute atomic E-state index is 0.